The molecule has 0 amide bonds. The lowest BCUT2D eigenvalue weighted by Gasteiger charge is -2.27. The number of hydrogen-bond acceptors (Lipinski definition) is 5. The van der Waals surface area contributed by atoms with Crippen molar-refractivity contribution in [1.82, 2.24) is 0 Å². The fraction of sp³-hybridized carbons (Fsp3) is 0.462. The molecule has 1 atom stereocenters. The normalized spacial score (nSPS) is 19.8. The van der Waals surface area contributed by atoms with Crippen LogP contribution in [0, 0.1) is 0 Å². The minimum absolute atomic E-state index is 0.0567. The highest BCUT2D eigenvalue weighted by Gasteiger charge is 2.26. The van der Waals surface area contributed by atoms with E-state index in [-0.39, 0.29) is 18.5 Å². The van der Waals surface area contributed by atoms with Crippen LogP contribution in [0.2, 0.25) is 0 Å². The van der Waals surface area contributed by atoms with E-state index in [1.165, 1.54) is 0 Å². The van der Waals surface area contributed by atoms with Gasteiger partial charge in [0.15, 0.2) is 5.84 Å². The molecule has 1 heterocycles. The van der Waals surface area contributed by atoms with Crippen molar-refractivity contribution in [2.45, 2.75) is 18.9 Å². The van der Waals surface area contributed by atoms with Crippen LogP contribution in [0.4, 0.5) is 5.69 Å². The monoisotopic (exact) mass is 265 g/mol. The zero-order valence-electron chi connectivity index (χ0n) is 10.9. The maximum atomic E-state index is 9.43. The summed E-state index contributed by atoms with van der Waals surface area (Å²) in [6.07, 6.45) is 1.95. The van der Waals surface area contributed by atoms with E-state index in [0.717, 1.165) is 25.1 Å². The van der Waals surface area contributed by atoms with Gasteiger partial charge in [0, 0.05) is 18.2 Å². The van der Waals surface area contributed by atoms with Crippen molar-refractivity contribution in [3.63, 3.8) is 0 Å². The molecule has 0 radical (unpaired) electrons. The highest BCUT2D eigenvalue weighted by atomic mass is 16.5. The third-order valence-corrected chi connectivity index (χ3v) is 3.49. The van der Waals surface area contributed by atoms with Crippen LogP contribution in [-0.2, 0) is 0 Å². The molecule has 104 valence electrons. The summed E-state index contributed by atoms with van der Waals surface area (Å²) in [5.74, 6) is 0.759. The SMILES string of the molecule is COc1ccc(/C(N)=N/O)c(N2CCCC2CO)c1. The van der Waals surface area contributed by atoms with Crippen LogP contribution in [0.25, 0.3) is 0 Å². The van der Waals surface area contributed by atoms with Gasteiger partial charge in [0.1, 0.15) is 5.75 Å². The second-order valence-electron chi connectivity index (χ2n) is 4.54. The van der Waals surface area contributed by atoms with Crippen LogP contribution in [0.15, 0.2) is 23.4 Å². The Hall–Kier alpha value is -1.95. The molecule has 0 spiro atoms. The molecule has 6 nitrogen and oxygen atoms in total. The van der Waals surface area contributed by atoms with Crippen LogP contribution < -0.4 is 15.4 Å². The molecule has 0 bridgehead atoms. The summed E-state index contributed by atoms with van der Waals surface area (Å²) < 4.78 is 5.22. The molecular weight excluding hydrogens is 246 g/mol. The number of rotatable bonds is 4. The van der Waals surface area contributed by atoms with Gasteiger partial charge in [-0.1, -0.05) is 5.16 Å². The molecule has 1 fully saturated rings. The fourth-order valence-corrected chi connectivity index (χ4v) is 2.49. The topological polar surface area (TPSA) is 91.3 Å². The first-order valence-electron chi connectivity index (χ1n) is 6.24. The Morgan fingerprint density at radius 2 is 2.37 bits per heavy atom. The summed E-state index contributed by atoms with van der Waals surface area (Å²) in [4.78, 5) is 2.08. The highest BCUT2D eigenvalue weighted by Crippen LogP contribution is 2.31. The zero-order valence-corrected chi connectivity index (χ0v) is 10.9. The number of hydrogen-bond donors (Lipinski definition) is 3. The van der Waals surface area contributed by atoms with Gasteiger partial charge in [-0.2, -0.15) is 0 Å². The first-order chi connectivity index (χ1) is 9.21. The minimum atomic E-state index is 0.0567. The van der Waals surface area contributed by atoms with Gasteiger partial charge in [0.2, 0.25) is 0 Å². The number of amidine groups is 1. The maximum Gasteiger partial charge on any atom is 0.172 e. The van der Waals surface area contributed by atoms with E-state index >= 15 is 0 Å². The zero-order chi connectivity index (χ0) is 13.8. The van der Waals surface area contributed by atoms with Crippen molar-refractivity contribution in [3.05, 3.63) is 23.8 Å². The van der Waals surface area contributed by atoms with Crippen molar-refractivity contribution in [2.24, 2.45) is 10.9 Å². The number of anilines is 1. The molecule has 1 aliphatic heterocycles. The quantitative estimate of drug-likeness (QED) is 0.323. The lowest BCUT2D eigenvalue weighted by Crippen LogP contribution is -2.34. The summed E-state index contributed by atoms with van der Waals surface area (Å²) in [5, 5.41) is 21.4. The van der Waals surface area contributed by atoms with Crippen LogP contribution in [0.5, 0.6) is 5.75 Å². The molecule has 1 aliphatic rings. The van der Waals surface area contributed by atoms with Gasteiger partial charge in [-0.15, -0.1) is 0 Å². The smallest absolute Gasteiger partial charge is 0.172 e. The molecule has 1 unspecified atom stereocenters. The third kappa shape index (κ3) is 2.58. The van der Waals surface area contributed by atoms with Crippen LogP contribution in [-0.4, -0.2) is 42.5 Å². The molecule has 6 heteroatoms. The molecule has 1 saturated heterocycles. The van der Waals surface area contributed by atoms with Crippen LogP contribution >= 0.6 is 0 Å². The average molecular weight is 265 g/mol. The number of ether oxygens (including phenoxy) is 1. The number of nitrogens with zero attached hydrogens (tertiary/aromatic N) is 2. The summed E-state index contributed by atoms with van der Waals surface area (Å²) in [5.41, 5.74) is 7.18. The lowest BCUT2D eigenvalue weighted by atomic mass is 10.1. The fourth-order valence-electron chi connectivity index (χ4n) is 2.49. The number of aliphatic hydroxyl groups is 1. The van der Waals surface area contributed by atoms with Gasteiger partial charge >= 0.3 is 0 Å². The van der Waals surface area contributed by atoms with Gasteiger partial charge in [-0.25, -0.2) is 0 Å². The first-order valence-corrected chi connectivity index (χ1v) is 6.24. The van der Waals surface area contributed by atoms with E-state index in [1.807, 2.05) is 6.07 Å². The van der Waals surface area contributed by atoms with E-state index in [0.29, 0.717) is 11.3 Å². The van der Waals surface area contributed by atoms with Crippen molar-refractivity contribution in [2.75, 3.05) is 25.2 Å². The Morgan fingerprint density at radius 1 is 1.58 bits per heavy atom. The summed E-state index contributed by atoms with van der Waals surface area (Å²) in [7, 11) is 1.59. The Labute approximate surface area is 112 Å². The number of methoxy groups -OCH3 is 1. The molecule has 0 aliphatic carbocycles. The Balaban J connectivity index is 2.46. The minimum Gasteiger partial charge on any atom is -0.497 e. The van der Waals surface area contributed by atoms with Gasteiger partial charge < -0.3 is 25.7 Å². The Bertz CT molecular complexity index is 476. The predicted octanol–water partition coefficient (Wildman–Crippen LogP) is 0.751. The first kappa shape index (κ1) is 13.5. The average Bonchev–Trinajstić information content (AvgIpc) is 2.94. The second-order valence-corrected chi connectivity index (χ2v) is 4.54. The van der Waals surface area contributed by atoms with Gasteiger partial charge in [-0.3, -0.25) is 0 Å². The second kappa shape index (κ2) is 5.79. The van der Waals surface area contributed by atoms with Crippen LogP contribution in [0.1, 0.15) is 18.4 Å². The van der Waals surface area contributed by atoms with Crippen molar-refractivity contribution < 1.29 is 15.1 Å². The van der Waals surface area contributed by atoms with E-state index in [1.54, 1.807) is 19.2 Å². The van der Waals surface area contributed by atoms with Gasteiger partial charge in [0.25, 0.3) is 0 Å². The number of oxime groups is 1. The third-order valence-electron chi connectivity index (χ3n) is 3.49. The number of benzene rings is 1. The molecule has 0 saturated carbocycles. The highest BCUT2D eigenvalue weighted by molar-refractivity contribution is 6.02. The van der Waals surface area contributed by atoms with E-state index in [2.05, 4.69) is 10.1 Å². The molecule has 1 aromatic rings. The number of nitrogens with two attached hydrogens (primary N) is 1. The van der Waals surface area contributed by atoms with Crippen LogP contribution in [0.3, 0.4) is 0 Å². The molecule has 4 N–H and O–H groups in total. The molecule has 1 aromatic carbocycles. The van der Waals surface area contributed by atoms with Crippen molar-refractivity contribution in [1.29, 1.82) is 0 Å². The van der Waals surface area contributed by atoms with Gasteiger partial charge in [-0.05, 0) is 25.0 Å². The Kier molecular flexibility index (Phi) is 4.11. The molecule has 2 rings (SSSR count). The number of aliphatic hydroxyl groups excluding tert-OH is 1. The standard InChI is InChI=1S/C13H19N3O3/c1-19-10-4-5-11(13(14)15-18)12(7-10)16-6-2-3-9(16)8-17/h4-5,7,9,17-18H,2-3,6,8H2,1H3,(H2,14,15). The predicted molar refractivity (Wildman–Crippen MR) is 73.0 cm³/mol. The molecule has 19 heavy (non-hydrogen) atoms. The lowest BCUT2D eigenvalue weighted by molar-refractivity contribution is 0.266. The van der Waals surface area contributed by atoms with E-state index < -0.39 is 0 Å². The summed E-state index contributed by atoms with van der Waals surface area (Å²) >= 11 is 0. The molecular formula is C13H19N3O3. The van der Waals surface area contributed by atoms with E-state index in [4.69, 9.17) is 15.7 Å². The van der Waals surface area contributed by atoms with Gasteiger partial charge in [0.05, 0.1) is 25.4 Å². The van der Waals surface area contributed by atoms with E-state index in [9.17, 15) is 5.11 Å². The van der Waals surface area contributed by atoms with Crippen molar-refractivity contribution in [3.8, 4) is 5.75 Å². The largest absolute Gasteiger partial charge is 0.497 e. The maximum absolute atomic E-state index is 9.43. The summed E-state index contributed by atoms with van der Waals surface area (Å²) in [6, 6.07) is 5.44. The Morgan fingerprint density at radius 3 is 3.00 bits per heavy atom. The van der Waals surface area contributed by atoms with Crippen molar-refractivity contribution >= 4 is 11.5 Å². The summed E-state index contributed by atoms with van der Waals surface area (Å²) in [6.45, 7) is 0.928. The molecule has 0 aromatic heterocycles.